The van der Waals surface area contributed by atoms with Crippen LogP contribution in [0.4, 0.5) is 0 Å². The predicted molar refractivity (Wildman–Crippen MR) is 127 cm³/mol. The first-order valence-corrected chi connectivity index (χ1v) is 11.4. The largest absolute Gasteiger partial charge is 0.349 e. The van der Waals surface area contributed by atoms with E-state index in [9.17, 15) is 9.59 Å². The van der Waals surface area contributed by atoms with E-state index < -0.39 is 0 Å². The fourth-order valence-electron chi connectivity index (χ4n) is 4.72. The Morgan fingerprint density at radius 1 is 1.09 bits per heavy atom. The molecule has 7 heteroatoms. The molecule has 1 aliphatic carbocycles. The van der Waals surface area contributed by atoms with Gasteiger partial charge in [-0.25, -0.2) is 4.68 Å². The van der Waals surface area contributed by atoms with E-state index >= 15 is 0 Å². The monoisotopic (exact) mass is 441 g/mol. The highest BCUT2D eigenvalue weighted by molar-refractivity contribution is 5.84. The van der Waals surface area contributed by atoms with Crippen LogP contribution in [-0.4, -0.2) is 25.5 Å². The van der Waals surface area contributed by atoms with Crippen molar-refractivity contribution >= 4 is 16.7 Å². The number of aromatic nitrogens is 4. The molecular formula is C26H27N5O2. The molecule has 1 amide bonds. The maximum absolute atomic E-state index is 12.8. The maximum Gasteiger partial charge on any atom is 0.274 e. The molecule has 0 bridgehead atoms. The average molecular weight is 442 g/mol. The minimum atomic E-state index is -0.124. The first kappa shape index (κ1) is 21.1. The standard InChI is InChI=1S/C26H27N5O2/c1-30-26(33)20-11-6-5-10-19(20)23(29-30)14-15-25(32)28-22-12-7-13-24-21(22)16-27-31(24)17-18-8-3-2-4-9-18/h2-6,8-11,16,22H,7,12-15,17H2,1H3,(H,28,32). The summed E-state index contributed by atoms with van der Waals surface area (Å²) in [6.07, 6.45) is 5.61. The molecule has 0 radical (unpaired) electrons. The van der Waals surface area contributed by atoms with Crippen molar-refractivity contribution in [2.75, 3.05) is 0 Å². The number of nitrogens with zero attached hydrogens (tertiary/aromatic N) is 4. The molecule has 7 nitrogen and oxygen atoms in total. The number of rotatable bonds is 6. The number of benzene rings is 2. The molecule has 0 fully saturated rings. The first-order valence-electron chi connectivity index (χ1n) is 11.4. The van der Waals surface area contributed by atoms with Crippen LogP contribution >= 0.6 is 0 Å². The quantitative estimate of drug-likeness (QED) is 0.498. The second-order valence-corrected chi connectivity index (χ2v) is 8.62. The Bertz CT molecular complexity index is 1360. The number of aryl methyl sites for hydroxylation is 2. The molecule has 1 atom stereocenters. The number of carbonyl (C=O) groups is 1. The van der Waals surface area contributed by atoms with E-state index in [0.717, 1.165) is 42.5 Å². The Kier molecular flexibility index (Phi) is 5.77. The second kappa shape index (κ2) is 9.02. The Hall–Kier alpha value is -3.74. The summed E-state index contributed by atoms with van der Waals surface area (Å²) >= 11 is 0. The molecule has 33 heavy (non-hydrogen) atoms. The molecule has 1 aliphatic rings. The van der Waals surface area contributed by atoms with Crippen LogP contribution in [0, 0.1) is 0 Å². The van der Waals surface area contributed by atoms with Gasteiger partial charge in [-0.05, 0) is 30.9 Å². The molecule has 1 N–H and O–H groups in total. The maximum atomic E-state index is 12.8. The van der Waals surface area contributed by atoms with Gasteiger partial charge in [-0.1, -0.05) is 48.5 Å². The molecule has 0 aliphatic heterocycles. The summed E-state index contributed by atoms with van der Waals surface area (Å²) < 4.78 is 3.41. The lowest BCUT2D eigenvalue weighted by molar-refractivity contribution is -0.121. The number of nitrogens with one attached hydrogen (secondary N) is 1. The summed E-state index contributed by atoms with van der Waals surface area (Å²) in [6, 6.07) is 17.7. The SMILES string of the molecule is Cn1nc(CCC(=O)NC2CCCc3c2cnn3Cc2ccccc2)c2ccccc2c1=O. The highest BCUT2D eigenvalue weighted by Gasteiger charge is 2.25. The van der Waals surface area contributed by atoms with Crippen LogP contribution < -0.4 is 10.9 Å². The van der Waals surface area contributed by atoms with Crippen molar-refractivity contribution in [1.82, 2.24) is 24.9 Å². The summed E-state index contributed by atoms with van der Waals surface area (Å²) in [6.45, 7) is 0.738. The molecule has 0 spiro atoms. The van der Waals surface area contributed by atoms with Gasteiger partial charge in [-0.3, -0.25) is 14.3 Å². The van der Waals surface area contributed by atoms with Crippen molar-refractivity contribution in [3.05, 3.63) is 93.7 Å². The fourth-order valence-corrected chi connectivity index (χ4v) is 4.72. The lowest BCUT2D eigenvalue weighted by Crippen LogP contribution is -2.31. The Morgan fingerprint density at radius 3 is 2.67 bits per heavy atom. The van der Waals surface area contributed by atoms with E-state index in [4.69, 9.17) is 0 Å². The molecule has 2 heterocycles. The van der Waals surface area contributed by atoms with E-state index in [0.29, 0.717) is 18.2 Å². The van der Waals surface area contributed by atoms with Crippen molar-refractivity contribution in [3.63, 3.8) is 0 Å². The zero-order valence-corrected chi connectivity index (χ0v) is 18.7. The van der Waals surface area contributed by atoms with Gasteiger partial charge in [0.2, 0.25) is 5.91 Å². The van der Waals surface area contributed by atoms with Crippen molar-refractivity contribution in [3.8, 4) is 0 Å². The van der Waals surface area contributed by atoms with Crippen molar-refractivity contribution in [2.24, 2.45) is 7.05 Å². The van der Waals surface area contributed by atoms with Gasteiger partial charge in [-0.15, -0.1) is 0 Å². The summed E-state index contributed by atoms with van der Waals surface area (Å²) in [5.74, 6) is -0.0107. The van der Waals surface area contributed by atoms with Crippen molar-refractivity contribution in [1.29, 1.82) is 0 Å². The van der Waals surface area contributed by atoms with Crippen LogP contribution in [0.2, 0.25) is 0 Å². The van der Waals surface area contributed by atoms with E-state index in [1.807, 2.05) is 42.6 Å². The third-order valence-corrected chi connectivity index (χ3v) is 6.40. The molecule has 4 aromatic rings. The highest BCUT2D eigenvalue weighted by Crippen LogP contribution is 2.30. The lowest BCUT2D eigenvalue weighted by Gasteiger charge is -2.24. The number of hydrogen-bond acceptors (Lipinski definition) is 4. The molecule has 2 aromatic carbocycles. The van der Waals surface area contributed by atoms with Gasteiger partial charge in [0.05, 0.1) is 29.9 Å². The molecule has 0 saturated carbocycles. The molecule has 0 saturated heterocycles. The molecule has 2 aromatic heterocycles. The van der Waals surface area contributed by atoms with E-state index in [1.165, 1.54) is 15.9 Å². The number of amides is 1. The smallest absolute Gasteiger partial charge is 0.274 e. The minimum Gasteiger partial charge on any atom is -0.349 e. The van der Waals surface area contributed by atoms with E-state index in [1.54, 1.807) is 13.1 Å². The third kappa shape index (κ3) is 4.31. The summed E-state index contributed by atoms with van der Waals surface area (Å²) in [7, 11) is 1.65. The summed E-state index contributed by atoms with van der Waals surface area (Å²) in [5.41, 5.74) is 4.19. The Labute approximate surface area is 192 Å². The Morgan fingerprint density at radius 2 is 1.85 bits per heavy atom. The summed E-state index contributed by atoms with van der Waals surface area (Å²) in [4.78, 5) is 25.2. The van der Waals surface area contributed by atoms with Crippen LogP contribution in [-0.2, 0) is 31.2 Å². The van der Waals surface area contributed by atoms with E-state index in [-0.39, 0.29) is 17.5 Å². The Balaban J connectivity index is 1.28. The fraction of sp³-hybridized carbons (Fsp3) is 0.308. The zero-order chi connectivity index (χ0) is 22.8. The van der Waals surface area contributed by atoms with Gasteiger partial charge in [0.15, 0.2) is 0 Å². The molecule has 168 valence electrons. The number of carbonyl (C=O) groups excluding carboxylic acids is 1. The molecule has 1 unspecified atom stereocenters. The highest BCUT2D eigenvalue weighted by atomic mass is 16.1. The van der Waals surface area contributed by atoms with E-state index in [2.05, 4.69) is 32.3 Å². The third-order valence-electron chi connectivity index (χ3n) is 6.40. The number of hydrogen-bond donors (Lipinski definition) is 1. The molecule has 5 rings (SSSR count). The zero-order valence-electron chi connectivity index (χ0n) is 18.7. The second-order valence-electron chi connectivity index (χ2n) is 8.62. The minimum absolute atomic E-state index is 0.0107. The van der Waals surface area contributed by atoms with Crippen molar-refractivity contribution < 1.29 is 4.79 Å². The van der Waals surface area contributed by atoms with Gasteiger partial charge in [-0.2, -0.15) is 10.2 Å². The topological polar surface area (TPSA) is 81.8 Å². The normalized spacial score (nSPS) is 15.4. The number of fused-ring (bicyclic) bond motifs is 2. The van der Waals surface area contributed by atoms with Gasteiger partial charge in [0, 0.05) is 36.5 Å². The molecular weight excluding hydrogens is 414 g/mol. The van der Waals surface area contributed by atoms with Crippen LogP contribution in [0.15, 0.2) is 65.6 Å². The predicted octanol–water partition coefficient (Wildman–Crippen LogP) is 3.30. The summed E-state index contributed by atoms with van der Waals surface area (Å²) in [5, 5.41) is 13.7. The van der Waals surface area contributed by atoms with Crippen LogP contribution in [0.25, 0.3) is 10.8 Å². The first-order chi connectivity index (χ1) is 16.1. The van der Waals surface area contributed by atoms with Crippen LogP contribution in [0.3, 0.4) is 0 Å². The average Bonchev–Trinajstić information content (AvgIpc) is 3.25. The van der Waals surface area contributed by atoms with Gasteiger partial charge >= 0.3 is 0 Å². The van der Waals surface area contributed by atoms with Gasteiger partial charge < -0.3 is 5.32 Å². The van der Waals surface area contributed by atoms with Crippen LogP contribution in [0.5, 0.6) is 0 Å². The van der Waals surface area contributed by atoms with Crippen molar-refractivity contribution in [2.45, 2.75) is 44.7 Å². The van der Waals surface area contributed by atoms with Crippen LogP contribution in [0.1, 0.15) is 47.8 Å². The van der Waals surface area contributed by atoms with Gasteiger partial charge in [0.1, 0.15) is 0 Å². The van der Waals surface area contributed by atoms with Gasteiger partial charge in [0.25, 0.3) is 5.56 Å². The lowest BCUT2D eigenvalue weighted by atomic mass is 9.92.